The molecule has 0 saturated carbocycles. The first-order valence-corrected chi connectivity index (χ1v) is 12.2. The fourth-order valence-corrected chi connectivity index (χ4v) is 4.46. The Kier molecular flexibility index (Phi) is 4.98. The molecule has 144 valence electrons. The molecular formula is C18H31N5O2Si. The lowest BCUT2D eigenvalue weighted by molar-refractivity contribution is -0.0321. The SMILES string of the molecule is CC[C@H]1O[C@@H](n2cnc3c(C)ncnc32)C(O[Si](C)(C)C(C)(C)C)[C@H]1N. The van der Waals surface area contributed by atoms with Gasteiger partial charge in [0.25, 0.3) is 0 Å². The van der Waals surface area contributed by atoms with Crippen LogP contribution in [0.15, 0.2) is 12.7 Å². The topological polar surface area (TPSA) is 88.1 Å². The van der Waals surface area contributed by atoms with Gasteiger partial charge in [0.05, 0.1) is 24.2 Å². The maximum atomic E-state index is 6.72. The van der Waals surface area contributed by atoms with E-state index in [0.717, 1.165) is 23.3 Å². The second kappa shape index (κ2) is 6.67. The number of fused-ring (bicyclic) bond motifs is 1. The number of nitrogens with two attached hydrogens (primary N) is 1. The number of aryl methyl sites for hydroxylation is 1. The predicted octanol–water partition coefficient (Wildman–Crippen LogP) is 3.16. The summed E-state index contributed by atoms with van der Waals surface area (Å²) in [5, 5.41) is 0.0946. The van der Waals surface area contributed by atoms with Crippen LogP contribution in [0.1, 0.15) is 46.0 Å². The molecule has 2 N–H and O–H groups in total. The second-order valence-corrected chi connectivity index (χ2v) is 13.4. The molecule has 1 aliphatic rings. The third kappa shape index (κ3) is 3.19. The van der Waals surface area contributed by atoms with E-state index in [4.69, 9.17) is 14.9 Å². The zero-order valence-electron chi connectivity index (χ0n) is 16.9. The first-order valence-electron chi connectivity index (χ1n) is 9.30. The third-order valence-corrected chi connectivity index (χ3v) is 10.3. The zero-order valence-corrected chi connectivity index (χ0v) is 17.9. The van der Waals surface area contributed by atoms with E-state index in [9.17, 15) is 0 Å². The molecule has 0 aromatic carbocycles. The van der Waals surface area contributed by atoms with E-state index >= 15 is 0 Å². The summed E-state index contributed by atoms with van der Waals surface area (Å²) in [6.07, 6.45) is 3.57. The van der Waals surface area contributed by atoms with Crippen LogP contribution in [0.5, 0.6) is 0 Å². The van der Waals surface area contributed by atoms with E-state index in [2.05, 4.69) is 55.7 Å². The van der Waals surface area contributed by atoms with Crippen molar-refractivity contribution in [3.8, 4) is 0 Å². The van der Waals surface area contributed by atoms with Crippen molar-refractivity contribution in [3.63, 3.8) is 0 Å². The third-order valence-electron chi connectivity index (χ3n) is 5.86. The van der Waals surface area contributed by atoms with Gasteiger partial charge >= 0.3 is 0 Å². The quantitative estimate of drug-likeness (QED) is 0.824. The number of imidazole rings is 1. The zero-order chi connectivity index (χ0) is 19.3. The number of aromatic nitrogens is 4. The largest absolute Gasteiger partial charge is 0.408 e. The minimum Gasteiger partial charge on any atom is -0.408 e. The minimum atomic E-state index is -2.01. The standard InChI is InChI=1S/C18H31N5O2Si/c1-8-12-13(19)15(25-26(6,7)18(3,4)5)17(24-12)23-10-22-14-11(2)20-9-21-16(14)23/h9-10,12-13,15,17H,8,19H2,1-7H3/t12-,13+,15?,17-/m1/s1. The number of hydrogen-bond donors (Lipinski definition) is 1. The molecule has 1 aliphatic heterocycles. The molecular weight excluding hydrogens is 346 g/mol. The molecule has 7 nitrogen and oxygen atoms in total. The van der Waals surface area contributed by atoms with Crippen molar-refractivity contribution in [2.24, 2.45) is 5.73 Å². The summed E-state index contributed by atoms with van der Waals surface area (Å²) < 4.78 is 15.0. The fraction of sp³-hybridized carbons (Fsp3) is 0.722. The predicted molar refractivity (Wildman–Crippen MR) is 104 cm³/mol. The molecule has 8 heteroatoms. The summed E-state index contributed by atoms with van der Waals surface area (Å²) >= 11 is 0. The second-order valence-electron chi connectivity index (χ2n) is 8.68. The lowest BCUT2D eigenvalue weighted by atomic mass is 10.1. The molecule has 0 aliphatic carbocycles. The highest BCUT2D eigenvalue weighted by Crippen LogP contribution is 2.42. The van der Waals surface area contributed by atoms with E-state index in [1.54, 1.807) is 12.7 Å². The van der Waals surface area contributed by atoms with Gasteiger partial charge in [-0.05, 0) is 31.5 Å². The Morgan fingerprint density at radius 1 is 1.27 bits per heavy atom. The van der Waals surface area contributed by atoms with Crippen molar-refractivity contribution < 1.29 is 9.16 Å². The molecule has 0 amide bonds. The van der Waals surface area contributed by atoms with Crippen LogP contribution >= 0.6 is 0 Å². The number of hydrogen-bond acceptors (Lipinski definition) is 6. The van der Waals surface area contributed by atoms with Gasteiger partial charge < -0.3 is 14.9 Å². The summed E-state index contributed by atoms with van der Waals surface area (Å²) in [6.45, 7) is 15.2. The van der Waals surface area contributed by atoms with Crippen molar-refractivity contribution >= 4 is 19.5 Å². The van der Waals surface area contributed by atoms with Crippen molar-refractivity contribution in [2.45, 2.75) is 83.6 Å². The van der Waals surface area contributed by atoms with E-state index in [1.807, 2.05) is 11.5 Å². The van der Waals surface area contributed by atoms with Gasteiger partial charge in [-0.25, -0.2) is 15.0 Å². The Bertz CT molecular complexity index is 785. The molecule has 0 spiro atoms. The average molecular weight is 378 g/mol. The molecule has 3 heterocycles. The van der Waals surface area contributed by atoms with Crippen LogP contribution in [0.3, 0.4) is 0 Å². The van der Waals surface area contributed by atoms with Gasteiger partial charge in [-0.15, -0.1) is 0 Å². The van der Waals surface area contributed by atoms with Crippen molar-refractivity contribution in [3.05, 3.63) is 18.3 Å². The molecule has 2 aromatic rings. The summed E-state index contributed by atoms with van der Waals surface area (Å²) in [5.41, 5.74) is 8.96. The number of nitrogens with zero attached hydrogens (tertiary/aromatic N) is 4. The van der Waals surface area contributed by atoms with Crippen molar-refractivity contribution in [2.75, 3.05) is 0 Å². The Morgan fingerprint density at radius 3 is 2.58 bits per heavy atom. The highest BCUT2D eigenvalue weighted by Gasteiger charge is 2.49. The Balaban J connectivity index is 2.01. The summed E-state index contributed by atoms with van der Waals surface area (Å²) in [6, 6.07) is -0.181. The van der Waals surface area contributed by atoms with Gasteiger partial charge in [0.2, 0.25) is 0 Å². The van der Waals surface area contributed by atoms with Gasteiger partial charge in [0.1, 0.15) is 17.9 Å². The van der Waals surface area contributed by atoms with Crippen LogP contribution in [-0.2, 0) is 9.16 Å². The van der Waals surface area contributed by atoms with Crippen LogP contribution in [0, 0.1) is 6.92 Å². The van der Waals surface area contributed by atoms with Gasteiger partial charge in [-0.1, -0.05) is 27.7 Å². The number of ether oxygens (including phenoxy) is 1. The maximum Gasteiger partial charge on any atom is 0.192 e. The van der Waals surface area contributed by atoms with Crippen molar-refractivity contribution in [1.82, 2.24) is 19.5 Å². The van der Waals surface area contributed by atoms with Crippen LogP contribution in [0.25, 0.3) is 11.2 Å². The van der Waals surface area contributed by atoms with E-state index in [0.29, 0.717) is 0 Å². The van der Waals surface area contributed by atoms with Gasteiger partial charge in [0.15, 0.2) is 20.2 Å². The molecule has 4 atom stereocenters. The van der Waals surface area contributed by atoms with Gasteiger partial charge in [-0.3, -0.25) is 4.57 Å². The average Bonchev–Trinajstić information content (AvgIpc) is 3.09. The summed E-state index contributed by atoms with van der Waals surface area (Å²) in [7, 11) is -2.01. The molecule has 1 saturated heterocycles. The first-order chi connectivity index (χ1) is 12.1. The van der Waals surface area contributed by atoms with Crippen LogP contribution in [-0.4, -0.2) is 46.1 Å². The van der Waals surface area contributed by atoms with Gasteiger partial charge in [0, 0.05) is 0 Å². The smallest absolute Gasteiger partial charge is 0.192 e. The highest BCUT2D eigenvalue weighted by molar-refractivity contribution is 6.74. The van der Waals surface area contributed by atoms with Crippen molar-refractivity contribution in [1.29, 1.82) is 0 Å². The van der Waals surface area contributed by atoms with Crippen LogP contribution in [0.4, 0.5) is 0 Å². The van der Waals surface area contributed by atoms with Crippen LogP contribution in [0.2, 0.25) is 18.1 Å². The molecule has 0 bridgehead atoms. The first kappa shape index (κ1) is 19.4. The van der Waals surface area contributed by atoms with E-state index in [1.165, 1.54) is 0 Å². The molecule has 1 fully saturated rings. The van der Waals surface area contributed by atoms with Gasteiger partial charge in [-0.2, -0.15) is 0 Å². The maximum absolute atomic E-state index is 6.72. The molecule has 26 heavy (non-hydrogen) atoms. The summed E-state index contributed by atoms with van der Waals surface area (Å²) in [4.78, 5) is 13.1. The Morgan fingerprint density at radius 2 is 1.96 bits per heavy atom. The Labute approximate surface area is 156 Å². The molecule has 0 radical (unpaired) electrons. The lowest BCUT2D eigenvalue weighted by Crippen LogP contribution is -2.51. The monoisotopic (exact) mass is 377 g/mol. The lowest BCUT2D eigenvalue weighted by Gasteiger charge is -2.40. The Hall–Kier alpha value is -1.35. The fourth-order valence-electron chi connectivity index (χ4n) is 3.15. The minimum absolute atomic E-state index is 0.0462. The number of rotatable bonds is 4. The van der Waals surface area contributed by atoms with E-state index in [-0.39, 0.29) is 29.5 Å². The normalized spacial score (nSPS) is 27.4. The summed E-state index contributed by atoms with van der Waals surface area (Å²) in [5.74, 6) is 0. The molecule has 3 rings (SSSR count). The van der Waals surface area contributed by atoms with E-state index < -0.39 is 8.32 Å². The highest BCUT2D eigenvalue weighted by atomic mass is 28.4. The van der Waals surface area contributed by atoms with Crippen LogP contribution < -0.4 is 5.73 Å². The molecule has 2 aromatic heterocycles. The molecule has 1 unspecified atom stereocenters.